The molecule has 0 fully saturated rings. The first-order valence-corrected chi connectivity index (χ1v) is 10.7. The Kier molecular flexibility index (Phi) is 7.59. The Morgan fingerprint density at radius 1 is 0.906 bits per heavy atom. The highest BCUT2D eigenvalue weighted by molar-refractivity contribution is 5.91. The average Bonchev–Trinajstić information content (AvgIpc) is 2.78. The number of carbonyl (C=O) groups excluding carboxylic acids is 2. The van der Waals surface area contributed by atoms with Crippen molar-refractivity contribution >= 4 is 34.1 Å². The molecule has 3 aromatic rings. The van der Waals surface area contributed by atoms with Crippen LogP contribution >= 0.6 is 0 Å². The molecule has 3 rings (SSSR count). The topological polar surface area (TPSA) is 116 Å². The zero-order chi connectivity index (χ0) is 23.0. The van der Waals surface area contributed by atoms with Crippen molar-refractivity contribution < 1.29 is 9.59 Å². The highest BCUT2D eigenvalue weighted by atomic mass is 16.2. The van der Waals surface area contributed by atoms with Gasteiger partial charge in [0.05, 0.1) is 5.39 Å². The van der Waals surface area contributed by atoms with Gasteiger partial charge in [0.1, 0.15) is 0 Å². The van der Waals surface area contributed by atoms with Crippen LogP contribution in [-0.2, 0) is 9.59 Å². The third kappa shape index (κ3) is 6.66. The van der Waals surface area contributed by atoms with Crippen LogP contribution in [0.4, 0.5) is 11.5 Å². The van der Waals surface area contributed by atoms with E-state index in [-0.39, 0.29) is 35.6 Å². The van der Waals surface area contributed by atoms with Crippen molar-refractivity contribution in [3.63, 3.8) is 0 Å². The summed E-state index contributed by atoms with van der Waals surface area (Å²) in [6.45, 7) is 5.08. The lowest BCUT2D eigenvalue weighted by Gasteiger charge is -2.26. The molecular formula is C24H29N5O3. The van der Waals surface area contributed by atoms with Crippen molar-refractivity contribution in [3.8, 4) is 0 Å². The van der Waals surface area contributed by atoms with Gasteiger partial charge in [-0.25, -0.2) is 5.10 Å². The molecule has 0 spiro atoms. The maximum Gasteiger partial charge on any atom is 0.272 e. The van der Waals surface area contributed by atoms with E-state index in [1.165, 1.54) is 0 Å². The Hall–Kier alpha value is -3.68. The maximum absolute atomic E-state index is 12.2. The SMILES string of the molecule is CC(C)(CNC(=O)CCCC(=O)Nc1ccccc1)CNc1n[nH]c(=O)c2ccccc12. The maximum atomic E-state index is 12.2. The van der Waals surface area contributed by atoms with Gasteiger partial charge in [0, 0.05) is 37.0 Å². The highest BCUT2D eigenvalue weighted by Crippen LogP contribution is 2.20. The first kappa shape index (κ1) is 23.0. The molecule has 1 aromatic heterocycles. The van der Waals surface area contributed by atoms with Crippen LogP contribution in [0.5, 0.6) is 0 Å². The smallest absolute Gasteiger partial charge is 0.272 e. The van der Waals surface area contributed by atoms with Crippen LogP contribution in [0.3, 0.4) is 0 Å². The molecule has 8 nitrogen and oxygen atoms in total. The Morgan fingerprint density at radius 3 is 2.31 bits per heavy atom. The number of para-hydroxylation sites is 1. The normalized spacial score (nSPS) is 11.2. The first-order chi connectivity index (χ1) is 15.3. The number of nitrogens with zero attached hydrogens (tertiary/aromatic N) is 1. The van der Waals surface area contributed by atoms with E-state index in [2.05, 4.69) is 26.1 Å². The van der Waals surface area contributed by atoms with E-state index in [1.807, 2.05) is 62.4 Å². The average molecular weight is 436 g/mol. The second-order valence-corrected chi connectivity index (χ2v) is 8.51. The van der Waals surface area contributed by atoms with Gasteiger partial charge in [-0.15, -0.1) is 0 Å². The number of carbonyl (C=O) groups is 2. The quantitative estimate of drug-likeness (QED) is 0.390. The zero-order valence-corrected chi connectivity index (χ0v) is 18.4. The molecule has 4 N–H and O–H groups in total. The number of anilines is 2. The predicted molar refractivity (Wildman–Crippen MR) is 127 cm³/mol. The van der Waals surface area contributed by atoms with Gasteiger partial charge >= 0.3 is 0 Å². The lowest BCUT2D eigenvalue weighted by molar-refractivity contribution is -0.121. The third-order valence-corrected chi connectivity index (χ3v) is 5.06. The summed E-state index contributed by atoms with van der Waals surface area (Å²) in [4.78, 5) is 36.1. The molecule has 0 saturated heterocycles. The number of aromatic nitrogens is 2. The van der Waals surface area contributed by atoms with Crippen molar-refractivity contribution in [2.24, 2.45) is 5.41 Å². The van der Waals surface area contributed by atoms with Crippen LogP contribution in [-0.4, -0.2) is 35.1 Å². The molecule has 0 saturated carbocycles. The van der Waals surface area contributed by atoms with Crippen LogP contribution in [0.25, 0.3) is 10.8 Å². The Balaban J connectivity index is 1.41. The second kappa shape index (κ2) is 10.6. The van der Waals surface area contributed by atoms with Crippen LogP contribution in [0.15, 0.2) is 59.4 Å². The number of amides is 2. The van der Waals surface area contributed by atoms with Gasteiger partial charge in [-0.3, -0.25) is 14.4 Å². The number of nitrogens with one attached hydrogen (secondary N) is 4. The Labute approximate surface area is 186 Å². The number of H-pyrrole nitrogens is 1. The van der Waals surface area contributed by atoms with Crippen molar-refractivity contribution in [1.29, 1.82) is 0 Å². The summed E-state index contributed by atoms with van der Waals surface area (Å²) in [5, 5.41) is 17.0. The number of benzene rings is 2. The number of hydrogen-bond acceptors (Lipinski definition) is 5. The fourth-order valence-corrected chi connectivity index (χ4v) is 3.22. The second-order valence-electron chi connectivity index (χ2n) is 8.51. The molecule has 2 amide bonds. The summed E-state index contributed by atoms with van der Waals surface area (Å²) in [5.74, 6) is 0.413. The van der Waals surface area contributed by atoms with Crippen LogP contribution in [0.1, 0.15) is 33.1 Å². The molecule has 168 valence electrons. The van der Waals surface area contributed by atoms with E-state index in [1.54, 1.807) is 6.07 Å². The van der Waals surface area contributed by atoms with E-state index in [0.717, 1.165) is 11.1 Å². The van der Waals surface area contributed by atoms with Crippen molar-refractivity contribution in [2.45, 2.75) is 33.1 Å². The number of hydrogen-bond donors (Lipinski definition) is 4. The lowest BCUT2D eigenvalue weighted by Crippen LogP contribution is -2.38. The summed E-state index contributed by atoms with van der Waals surface area (Å²) >= 11 is 0. The Bertz CT molecular complexity index is 1130. The molecule has 32 heavy (non-hydrogen) atoms. The minimum Gasteiger partial charge on any atom is -0.368 e. The molecule has 0 atom stereocenters. The van der Waals surface area contributed by atoms with E-state index in [0.29, 0.717) is 30.7 Å². The van der Waals surface area contributed by atoms with Gasteiger partial charge in [0.15, 0.2) is 5.82 Å². The lowest BCUT2D eigenvalue weighted by atomic mass is 9.93. The van der Waals surface area contributed by atoms with Crippen molar-refractivity contribution in [2.75, 3.05) is 23.7 Å². The zero-order valence-electron chi connectivity index (χ0n) is 18.4. The molecular weight excluding hydrogens is 406 g/mol. The molecule has 0 unspecified atom stereocenters. The summed E-state index contributed by atoms with van der Waals surface area (Å²) in [7, 11) is 0. The van der Waals surface area contributed by atoms with E-state index < -0.39 is 0 Å². The Morgan fingerprint density at radius 2 is 1.56 bits per heavy atom. The van der Waals surface area contributed by atoms with Crippen LogP contribution in [0.2, 0.25) is 0 Å². The number of aromatic amines is 1. The third-order valence-electron chi connectivity index (χ3n) is 5.06. The van der Waals surface area contributed by atoms with E-state index >= 15 is 0 Å². The van der Waals surface area contributed by atoms with Gasteiger partial charge in [-0.2, -0.15) is 5.10 Å². The van der Waals surface area contributed by atoms with Gasteiger partial charge < -0.3 is 16.0 Å². The highest BCUT2D eigenvalue weighted by Gasteiger charge is 2.20. The van der Waals surface area contributed by atoms with Gasteiger partial charge in [0.2, 0.25) is 11.8 Å². The largest absolute Gasteiger partial charge is 0.368 e. The fraction of sp³-hybridized carbons (Fsp3) is 0.333. The number of rotatable bonds is 10. The van der Waals surface area contributed by atoms with Crippen LogP contribution in [0, 0.1) is 5.41 Å². The monoisotopic (exact) mass is 435 g/mol. The summed E-state index contributed by atoms with van der Waals surface area (Å²) in [6.07, 6.45) is 1.06. The van der Waals surface area contributed by atoms with Gasteiger partial charge in [-0.1, -0.05) is 50.2 Å². The molecule has 0 aliphatic carbocycles. The molecule has 0 bridgehead atoms. The van der Waals surface area contributed by atoms with E-state index in [4.69, 9.17) is 0 Å². The predicted octanol–water partition coefficient (Wildman–Crippen LogP) is 3.29. The van der Waals surface area contributed by atoms with Crippen molar-refractivity contribution in [3.05, 3.63) is 65.0 Å². The summed E-state index contributed by atoms with van der Waals surface area (Å²) in [6, 6.07) is 16.5. The molecule has 8 heteroatoms. The molecule has 0 aliphatic heterocycles. The standard InChI is InChI=1S/C24H29N5O3/c1-24(2,16-26-22-18-11-6-7-12-19(18)23(32)29-28-22)15-25-20(30)13-8-14-21(31)27-17-9-4-3-5-10-17/h3-7,9-12H,8,13-16H2,1-2H3,(H,25,30)(H,26,28)(H,27,31)(H,29,32). The van der Waals surface area contributed by atoms with E-state index in [9.17, 15) is 14.4 Å². The first-order valence-electron chi connectivity index (χ1n) is 10.7. The van der Waals surface area contributed by atoms with Gasteiger partial charge in [0.25, 0.3) is 5.56 Å². The molecule has 0 aliphatic rings. The minimum absolute atomic E-state index is 0.0850. The molecule has 2 aromatic carbocycles. The van der Waals surface area contributed by atoms with Crippen molar-refractivity contribution in [1.82, 2.24) is 15.5 Å². The fourth-order valence-electron chi connectivity index (χ4n) is 3.22. The summed E-state index contributed by atoms with van der Waals surface area (Å²) in [5.41, 5.74) is 0.273. The number of fused-ring (bicyclic) bond motifs is 1. The summed E-state index contributed by atoms with van der Waals surface area (Å²) < 4.78 is 0. The molecule has 0 radical (unpaired) electrons. The van der Waals surface area contributed by atoms with Crippen LogP contribution < -0.4 is 21.5 Å². The minimum atomic E-state index is -0.251. The van der Waals surface area contributed by atoms with Gasteiger partial charge in [-0.05, 0) is 30.0 Å². The molecule has 1 heterocycles.